The lowest BCUT2D eigenvalue weighted by atomic mass is 10.2. The highest BCUT2D eigenvalue weighted by Gasteiger charge is 2.17. The van der Waals surface area contributed by atoms with Crippen LogP contribution < -0.4 is 24.3 Å². The maximum atomic E-state index is 12.2. The summed E-state index contributed by atoms with van der Waals surface area (Å²) in [5.74, 6) is 2.98. The van der Waals surface area contributed by atoms with E-state index >= 15 is 0 Å². The zero-order chi connectivity index (χ0) is 22.6. The van der Waals surface area contributed by atoms with E-state index in [0.717, 1.165) is 11.1 Å². The van der Waals surface area contributed by atoms with Crippen LogP contribution in [0.3, 0.4) is 0 Å². The number of carbonyl (C=O) groups is 1. The Morgan fingerprint density at radius 3 is 2.48 bits per heavy atom. The smallest absolute Gasteiger partial charge is 0.262 e. The van der Waals surface area contributed by atoms with Gasteiger partial charge in [-0.15, -0.1) is 10.2 Å². The molecular formula is C24H19N3O6. The quantitative estimate of drug-likeness (QED) is 0.452. The standard InChI is InChI=1S/C24H19N3O6/c1-29-19-4-2-3-17(12-19)25-22(28)13-30-18-8-5-15(6-9-18)23-26-27-24(33-23)16-7-10-20-21(11-16)32-14-31-20/h2-12H,13-14H2,1H3,(H,25,28). The number of methoxy groups -OCH3 is 1. The third kappa shape index (κ3) is 4.57. The van der Waals surface area contributed by atoms with Crippen LogP contribution in [0.5, 0.6) is 23.0 Å². The van der Waals surface area contributed by atoms with E-state index in [-0.39, 0.29) is 19.3 Å². The molecule has 3 aromatic carbocycles. The van der Waals surface area contributed by atoms with Crippen LogP contribution >= 0.6 is 0 Å². The lowest BCUT2D eigenvalue weighted by Crippen LogP contribution is -2.20. The van der Waals surface area contributed by atoms with E-state index in [1.807, 2.05) is 6.07 Å². The molecule has 9 heteroatoms. The van der Waals surface area contributed by atoms with Crippen molar-refractivity contribution >= 4 is 11.6 Å². The van der Waals surface area contributed by atoms with Crippen LogP contribution in [0, 0.1) is 0 Å². The molecule has 4 aromatic rings. The molecule has 1 aliphatic rings. The molecule has 0 saturated heterocycles. The molecule has 0 unspecified atom stereocenters. The predicted molar refractivity (Wildman–Crippen MR) is 118 cm³/mol. The van der Waals surface area contributed by atoms with Gasteiger partial charge in [-0.05, 0) is 54.6 Å². The highest BCUT2D eigenvalue weighted by Crippen LogP contribution is 2.36. The molecule has 0 atom stereocenters. The monoisotopic (exact) mass is 445 g/mol. The second-order valence-corrected chi connectivity index (χ2v) is 7.07. The molecule has 0 radical (unpaired) electrons. The number of carbonyl (C=O) groups excluding carboxylic acids is 1. The van der Waals surface area contributed by atoms with E-state index in [2.05, 4.69) is 15.5 Å². The van der Waals surface area contributed by atoms with Crippen LogP contribution in [-0.2, 0) is 4.79 Å². The first-order valence-electron chi connectivity index (χ1n) is 10.1. The van der Waals surface area contributed by atoms with E-state index in [1.54, 1.807) is 67.8 Å². The second-order valence-electron chi connectivity index (χ2n) is 7.07. The fourth-order valence-electron chi connectivity index (χ4n) is 3.23. The van der Waals surface area contributed by atoms with E-state index in [1.165, 1.54) is 0 Å². The molecule has 0 aliphatic carbocycles. The van der Waals surface area contributed by atoms with Gasteiger partial charge in [0.25, 0.3) is 5.91 Å². The number of rotatable bonds is 7. The fourth-order valence-corrected chi connectivity index (χ4v) is 3.23. The van der Waals surface area contributed by atoms with Crippen LogP contribution in [0.15, 0.2) is 71.1 Å². The van der Waals surface area contributed by atoms with Gasteiger partial charge in [0.1, 0.15) is 11.5 Å². The normalized spacial score (nSPS) is 11.8. The van der Waals surface area contributed by atoms with Gasteiger partial charge in [-0.3, -0.25) is 4.79 Å². The average Bonchev–Trinajstić information content (AvgIpc) is 3.52. The Bertz CT molecular complexity index is 1290. The molecule has 0 bridgehead atoms. The van der Waals surface area contributed by atoms with Gasteiger partial charge >= 0.3 is 0 Å². The van der Waals surface area contributed by atoms with Crippen LogP contribution in [0.25, 0.3) is 22.9 Å². The van der Waals surface area contributed by atoms with Gasteiger partial charge in [0.2, 0.25) is 18.6 Å². The van der Waals surface area contributed by atoms with Crippen LogP contribution in [0.1, 0.15) is 0 Å². The highest BCUT2D eigenvalue weighted by atomic mass is 16.7. The number of hydrogen-bond acceptors (Lipinski definition) is 8. The Morgan fingerprint density at radius 2 is 1.67 bits per heavy atom. The number of nitrogens with zero attached hydrogens (tertiary/aromatic N) is 2. The van der Waals surface area contributed by atoms with Crippen molar-refractivity contribution < 1.29 is 28.2 Å². The summed E-state index contributed by atoms with van der Waals surface area (Å²) < 4.78 is 27.2. The summed E-state index contributed by atoms with van der Waals surface area (Å²) >= 11 is 0. The Labute approximate surface area is 188 Å². The third-order valence-corrected chi connectivity index (χ3v) is 4.87. The zero-order valence-corrected chi connectivity index (χ0v) is 17.6. The second kappa shape index (κ2) is 8.91. The first-order chi connectivity index (χ1) is 16.2. The van der Waals surface area contributed by atoms with Crippen molar-refractivity contribution in [2.24, 2.45) is 0 Å². The number of nitrogens with one attached hydrogen (secondary N) is 1. The molecule has 1 aliphatic heterocycles. The maximum Gasteiger partial charge on any atom is 0.262 e. The molecular weight excluding hydrogens is 426 g/mol. The van der Waals surface area contributed by atoms with Gasteiger partial charge in [0.05, 0.1) is 7.11 Å². The van der Waals surface area contributed by atoms with Gasteiger partial charge in [-0.25, -0.2) is 0 Å². The lowest BCUT2D eigenvalue weighted by Gasteiger charge is -2.08. The molecule has 0 spiro atoms. The predicted octanol–water partition coefficient (Wildman–Crippen LogP) is 4.16. The number of aromatic nitrogens is 2. The van der Waals surface area contributed by atoms with Crippen molar-refractivity contribution in [1.82, 2.24) is 10.2 Å². The number of benzene rings is 3. The first-order valence-corrected chi connectivity index (χ1v) is 10.1. The summed E-state index contributed by atoms with van der Waals surface area (Å²) in [6.45, 7) is 0.0658. The highest BCUT2D eigenvalue weighted by molar-refractivity contribution is 5.92. The minimum absolute atomic E-state index is 0.134. The Balaban J connectivity index is 1.20. The summed E-state index contributed by atoms with van der Waals surface area (Å²) in [7, 11) is 1.57. The van der Waals surface area contributed by atoms with Crippen molar-refractivity contribution in [1.29, 1.82) is 0 Å². The van der Waals surface area contributed by atoms with Gasteiger partial charge in [-0.1, -0.05) is 6.07 Å². The summed E-state index contributed by atoms with van der Waals surface area (Å²) in [6.07, 6.45) is 0. The summed E-state index contributed by atoms with van der Waals surface area (Å²) in [5.41, 5.74) is 2.09. The number of fused-ring (bicyclic) bond motifs is 1. The minimum Gasteiger partial charge on any atom is -0.497 e. The maximum absolute atomic E-state index is 12.2. The van der Waals surface area contributed by atoms with E-state index in [9.17, 15) is 4.79 Å². The van der Waals surface area contributed by atoms with E-state index in [0.29, 0.717) is 40.5 Å². The van der Waals surface area contributed by atoms with E-state index in [4.69, 9.17) is 23.4 Å². The van der Waals surface area contributed by atoms with Crippen molar-refractivity contribution in [3.8, 4) is 45.9 Å². The Hall–Kier alpha value is -4.53. The first kappa shape index (κ1) is 20.4. The number of amides is 1. The molecule has 33 heavy (non-hydrogen) atoms. The van der Waals surface area contributed by atoms with Crippen LogP contribution in [0.2, 0.25) is 0 Å². The lowest BCUT2D eigenvalue weighted by molar-refractivity contribution is -0.118. The van der Waals surface area contributed by atoms with Gasteiger partial charge in [0.15, 0.2) is 18.1 Å². The van der Waals surface area contributed by atoms with Crippen molar-refractivity contribution in [3.63, 3.8) is 0 Å². The average molecular weight is 445 g/mol. The molecule has 1 amide bonds. The molecule has 5 rings (SSSR count). The molecule has 0 saturated carbocycles. The summed E-state index contributed by atoms with van der Waals surface area (Å²) in [4.78, 5) is 12.2. The van der Waals surface area contributed by atoms with Gasteiger partial charge in [0, 0.05) is 22.9 Å². The van der Waals surface area contributed by atoms with Crippen molar-refractivity contribution in [2.45, 2.75) is 0 Å². The SMILES string of the molecule is COc1cccc(NC(=O)COc2ccc(-c3nnc(-c4ccc5c(c4)OCO5)o3)cc2)c1. The van der Waals surface area contributed by atoms with Crippen LogP contribution in [0.4, 0.5) is 5.69 Å². The van der Waals surface area contributed by atoms with Crippen molar-refractivity contribution in [3.05, 3.63) is 66.7 Å². The largest absolute Gasteiger partial charge is 0.497 e. The minimum atomic E-state index is -0.280. The summed E-state index contributed by atoms with van der Waals surface area (Å²) in [6, 6.07) is 19.6. The van der Waals surface area contributed by atoms with Crippen LogP contribution in [-0.4, -0.2) is 36.6 Å². The number of ether oxygens (including phenoxy) is 4. The van der Waals surface area contributed by atoms with E-state index < -0.39 is 0 Å². The molecule has 0 fully saturated rings. The van der Waals surface area contributed by atoms with Gasteiger partial charge < -0.3 is 28.7 Å². The van der Waals surface area contributed by atoms with Gasteiger partial charge in [-0.2, -0.15) is 0 Å². The zero-order valence-electron chi connectivity index (χ0n) is 17.6. The summed E-state index contributed by atoms with van der Waals surface area (Å²) in [5, 5.41) is 11.0. The Kier molecular flexibility index (Phi) is 5.50. The third-order valence-electron chi connectivity index (χ3n) is 4.87. The fraction of sp³-hybridized carbons (Fsp3) is 0.125. The topological polar surface area (TPSA) is 105 Å². The number of hydrogen-bond donors (Lipinski definition) is 1. The molecule has 166 valence electrons. The Morgan fingerprint density at radius 1 is 0.909 bits per heavy atom. The molecule has 1 N–H and O–H groups in total. The molecule has 9 nitrogen and oxygen atoms in total. The van der Waals surface area contributed by atoms with Crippen molar-refractivity contribution in [2.75, 3.05) is 25.8 Å². The molecule has 1 aromatic heterocycles. The number of anilines is 1. The molecule has 2 heterocycles.